The maximum Gasteiger partial charge on any atom is 0.359 e. The van der Waals surface area contributed by atoms with E-state index in [1.54, 1.807) is 13.0 Å². The molecule has 118 valence electrons. The summed E-state index contributed by atoms with van der Waals surface area (Å²) < 4.78 is 15.2. The van der Waals surface area contributed by atoms with Gasteiger partial charge in [-0.1, -0.05) is 18.2 Å². The number of carbonyl (C=O) groups is 2. The maximum absolute atomic E-state index is 12.1. The molecule has 0 saturated heterocycles. The van der Waals surface area contributed by atoms with Crippen LogP contribution in [0.25, 0.3) is 10.9 Å². The number of aromatic amines is 1. The summed E-state index contributed by atoms with van der Waals surface area (Å²) in [6.45, 7) is 1.54. The molecule has 2 heterocycles. The molecule has 0 spiro atoms. The summed E-state index contributed by atoms with van der Waals surface area (Å²) in [7, 11) is 1.29. The van der Waals surface area contributed by atoms with Crippen molar-refractivity contribution in [3.8, 4) is 0 Å². The second-order valence-corrected chi connectivity index (χ2v) is 4.87. The molecule has 0 aliphatic rings. The quantitative estimate of drug-likeness (QED) is 0.744. The zero-order chi connectivity index (χ0) is 16.4. The van der Waals surface area contributed by atoms with Crippen LogP contribution in [0.2, 0.25) is 0 Å². The Morgan fingerprint density at radius 1 is 1.26 bits per heavy atom. The standard InChI is InChI=1S/C16H14N2O5/c1-9-12(15(19)21-2)7-10(23-9)8-22-16(20)14-11-5-3-4-6-13(11)17-18-14/h3-7H,8H2,1-2H3,(H,17,18). The van der Waals surface area contributed by atoms with Gasteiger partial charge >= 0.3 is 11.9 Å². The maximum atomic E-state index is 12.1. The van der Waals surface area contributed by atoms with Crippen molar-refractivity contribution in [1.29, 1.82) is 0 Å². The Bertz CT molecular complexity index is 878. The summed E-state index contributed by atoms with van der Waals surface area (Å²) in [4.78, 5) is 23.7. The van der Waals surface area contributed by atoms with E-state index in [0.717, 1.165) is 5.52 Å². The molecule has 3 rings (SSSR count). The lowest BCUT2D eigenvalue weighted by molar-refractivity contribution is 0.0439. The average molecular weight is 314 g/mol. The first-order valence-electron chi connectivity index (χ1n) is 6.88. The minimum atomic E-state index is -0.573. The Balaban J connectivity index is 1.73. The van der Waals surface area contributed by atoms with Crippen LogP contribution in [-0.4, -0.2) is 29.2 Å². The van der Waals surface area contributed by atoms with Gasteiger partial charge in [-0.15, -0.1) is 0 Å². The third-order valence-corrected chi connectivity index (χ3v) is 3.38. The molecule has 2 aromatic heterocycles. The number of carbonyl (C=O) groups excluding carboxylic acids is 2. The summed E-state index contributed by atoms with van der Waals surface area (Å²) in [6.07, 6.45) is 0. The lowest BCUT2D eigenvalue weighted by Crippen LogP contribution is -2.06. The molecule has 0 amide bonds. The number of ether oxygens (including phenoxy) is 2. The fraction of sp³-hybridized carbons (Fsp3) is 0.188. The fourth-order valence-corrected chi connectivity index (χ4v) is 2.25. The smallest absolute Gasteiger partial charge is 0.359 e. The second-order valence-electron chi connectivity index (χ2n) is 4.87. The van der Waals surface area contributed by atoms with Gasteiger partial charge in [0.1, 0.15) is 23.7 Å². The molecule has 0 radical (unpaired) electrons. The Kier molecular flexibility index (Phi) is 3.84. The highest BCUT2D eigenvalue weighted by molar-refractivity contribution is 6.01. The van der Waals surface area contributed by atoms with Crippen LogP contribution in [0.5, 0.6) is 0 Å². The van der Waals surface area contributed by atoms with E-state index >= 15 is 0 Å². The van der Waals surface area contributed by atoms with Crippen molar-refractivity contribution in [2.75, 3.05) is 7.11 Å². The first-order chi connectivity index (χ1) is 11.1. The SMILES string of the molecule is COC(=O)c1cc(COC(=O)c2n[nH]c3ccccc23)oc1C. The number of aryl methyl sites for hydroxylation is 1. The Hall–Kier alpha value is -3.09. The van der Waals surface area contributed by atoms with Crippen LogP contribution in [0.1, 0.15) is 32.4 Å². The van der Waals surface area contributed by atoms with Crippen LogP contribution >= 0.6 is 0 Å². The summed E-state index contributed by atoms with van der Waals surface area (Å²) in [5.41, 5.74) is 1.27. The summed E-state index contributed by atoms with van der Waals surface area (Å²) in [5.74, 6) is -0.303. The van der Waals surface area contributed by atoms with Crippen LogP contribution in [-0.2, 0) is 16.1 Å². The highest BCUT2D eigenvalue weighted by Gasteiger charge is 2.19. The van der Waals surface area contributed by atoms with E-state index < -0.39 is 11.9 Å². The number of H-pyrrole nitrogens is 1. The zero-order valence-electron chi connectivity index (χ0n) is 12.6. The van der Waals surface area contributed by atoms with Gasteiger partial charge in [-0.3, -0.25) is 5.10 Å². The van der Waals surface area contributed by atoms with Crippen molar-refractivity contribution in [3.05, 3.63) is 53.1 Å². The van der Waals surface area contributed by atoms with Crippen LogP contribution in [0.3, 0.4) is 0 Å². The monoisotopic (exact) mass is 314 g/mol. The molecule has 0 unspecified atom stereocenters. The normalized spacial score (nSPS) is 10.7. The van der Waals surface area contributed by atoms with E-state index in [9.17, 15) is 9.59 Å². The molecular weight excluding hydrogens is 300 g/mol. The number of fused-ring (bicyclic) bond motifs is 1. The number of nitrogens with zero attached hydrogens (tertiary/aromatic N) is 1. The van der Waals surface area contributed by atoms with Gasteiger partial charge in [0.25, 0.3) is 0 Å². The van der Waals surface area contributed by atoms with Crippen LogP contribution in [0.4, 0.5) is 0 Å². The molecule has 0 atom stereocenters. The van der Waals surface area contributed by atoms with Gasteiger partial charge in [-0.05, 0) is 19.1 Å². The van der Waals surface area contributed by atoms with Crippen molar-refractivity contribution in [2.45, 2.75) is 13.5 Å². The van der Waals surface area contributed by atoms with Crippen molar-refractivity contribution < 1.29 is 23.5 Å². The van der Waals surface area contributed by atoms with Gasteiger partial charge in [0.2, 0.25) is 0 Å². The van der Waals surface area contributed by atoms with E-state index in [2.05, 4.69) is 14.9 Å². The topological polar surface area (TPSA) is 94.4 Å². The molecule has 0 aliphatic carbocycles. The number of benzene rings is 1. The van der Waals surface area contributed by atoms with Gasteiger partial charge in [-0.2, -0.15) is 5.10 Å². The number of methoxy groups -OCH3 is 1. The molecule has 0 bridgehead atoms. The van der Waals surface area contributed by atoms with Gasteiger partial charge in [-0.25, -0.2) is 9.59 Å². The highest BCUT2D eigenvalue weighted by atomic mass is 16.5. The molecule has 1 N–H and O–H groups in total. The molecule has 0 aliphatic heterocycles. The number of furan rings is 1. The molecule has 1 aromatic carbocycles. The fourth-order valence-electron chi connectivity index (χ4n) is 2.25. The van der Waals surface area contributed by atoms with Crippen LogP contribution in [0.15, 0.2) is 34.7 Å². The summed E-state index contributed by atoms with van der Waals surface area (Å²) in [5, 5.41) is 7.42. The molecule has 7 heteroatoms. The molecular formula is C16H14N2O5. The van der Waals surface area contributed by atoms with Gasteiger partial charge in [0, 0.05) is 5.39 Å². The number of hydrogen-bond acceptors (Lipinski definition) is 6. The van der Waals surface area contributed by atoms with E-state index in [4.69, 9.17) is 9.15 Å². The Labute approximate surface area is 131 Å². The third-order valence-electron chi connectivity index (χ3n) is 3.38. The van der Waals surface area contributed by atoms with Gasteiger partial charge in [0.05, 0.1) is 12.6 Å². The lowest BCUT2D eigenvalue weighted by atomic mass is 10.2. The second kappa shape index (κ2) is 5.96. The molecule has 3 aromatic rings. The summed E-state index contributed by atoms with van der Waals surface area (Å²) >= 11 is 0. The van der Waals surface area contributed by atoms with Crippen LogP contribution in [0, 0.1) is 6.92 Å². The molecule has 23 heavy (non-hydrogen) atoms. The minimum Gasteiger partial charge on any atom is -0.465 e. The minimum absolute atomic E-state index is 0.0994. The molecule has 0 saturated carbocycles. The highest BCUT2D eigenvalue weighted by Crippen LogP contribution is 2.19. The predicted molar refractivity (Wildman–Crippen MR) is 80.0 cm³/mol. The Morgan fingerprint density at radius 3 is 2.83 bits per heavy atom. The zero-order valence-corrected chi connectivity index (χ0v) is 12.6. The van der Waals surface area contributed by atoms with Crippen molar-refractivity contribution in [1.82, 2.24) is 10.2 Å². The van der Waals surface area contributed by atoms with Gasteiger partial charge in [0.15, 0.2) is 5.69 Å². The number of esters is 2. The Morgan fingerprint density at radius 2 is 2.04 bits per heavy atom. The van der Waals surface area contributed by atoms with E-state index in [1.807, 2.05) is 18.2 Å². The first-order valence-corrected chi connectivity index (χ1v) is 6.88. The van der Waals surface area contributed by atoms with Gasteiger partial charge < -0.3 is 13.9 Å². The van der Waals surface area contributed by atoms with E-state index in [-0.39, 0.29) is 12.3 Å². The third kappa shape index (κ3) is 2.80. The predicted octanol–water partition coefficient (Wildman–Crippen LogP) is 2.61. The van der Waals surface area contributed by atoms with E-state index in [1.165, 1.54) is 13.2 Å². The molecule has 7 nitrogen and oxygen atoms in total. The first kappa shape index (κ1) is 14.8. The van der Waals surface area contributed by atoms with Crippen molar-refractivity contribution in [3.63, 3.8) is 0 Å². The van der Waals surface area contributed by atoms with Crippen molar-refractivity contribution >= 4 is 22.8 Å². The van der Waals surface area contributed by atoms with Crippen molar-refractivity contribution in [2.24, 2.45) is 0 Å². The largest absolute Gasteiger partial charge is 0.465 e. The number of aromatic nitrogens is 2. The number of rotatable bonds is 4. The van der Waals surface area contributed by atoms with E-state index in [0.29, 0.717) is 22.5 Å². The number of para-hydroxylation sites is 1. The van der Waals surface area contributed by atoms with Crippen LogP contribution < -0.4 is 0 Å². The number of hydrogen-bond donors (Lipinski definition) is 1. The molecule has 0 fully saturated rings. The lowest BCUT2D eigenvalue weighted by Gasteiger charge is -2.00. The number of nitrogens with one attached hydrogen (secondary N) is 1. The summed E-state index contributed by atoms with van der Waals surface area (Å²) in [6, 6.07) is 8.75. The average Bonchev–Trinajstić information content (AvgIpc) is 3.15.